The molecule has 1 aliphatic heterocycles. The van der Waals surface area contributed by atoms with Gasteiger partial charge in [0.2, 0.25) is 0 Å². The zero-order valence-electron chi connectivity index (χ0n) is 13.2. The first-order valence-electron chi connectivity index (χ1n) is 8.41. The molecule has 1 aliphatic carbocycles. The van der Waals surface area contributed by atoms with Crippen LogP contribution in [0.2, 0.25) is 5.02 Å². The van der Waals surface area contributed by atoms with Crippen LogP contribution in [-0.2, 0) is 4.79 Å². The lowest BCUT2D eigenvalue weighted by Crippen LogP contribution is -2.49. The van der Waals surface area contributed by atoms with Crippen molar-refractivity contribution in [2.24, 2.45) is 5.92 Å². The monoisotopic (exact) mass is 337 g/mol. The van der Waals surface area contributed by atoms with Crippen LogP contribution in [-0.4, -0.2) is 46.3 Å². The third-order valence-corrected chi connectivity index (χ3v) is 5.59. The van der Waals surface area contributed by atoms with E-state index in [9.17, 15) is 15.0 Å². The van der Waals surface area contributed by atoms with Crippen molar-refractivity contribution in [3.8, 4) is 0 Å². The fourth-order valence-electron chi connectivity index (χ4n) is 3.95. The summed E-state index contributed by atoms with van der Waals surface area (Å²) in [6.45, 7) is 1.09. The second kappa shape index (κ2) is 6.80. The predicted octanol–water partition coefficient (Wildman–Crippen LogP) is 2.57. The molecule has 2 N–H and O–H groups in total. The van der Waals surface area contributed by atoms with E-state index in [2.05, 4.69) is 0 Å². The summed E-state index contributed by atoms with van der Waals surface area (Å²) in [5.74, 6) is -0.0622. The van der Waals surface area contributed by atoms with E-state index in [0.29, 0.717) is 31.0 Å². The van der Waals surface area contributed by atoms with Crippen molar-refractivity contribution >= 4 is 17.5 Å². The van der Waals surface area contributed by atoms with Crippen LogP contribution >= 0.6 is 11.6 Å². The maximum absolute atomic E-state index is 12.8. The highest BCUT2D eigenvalue weighted by atomic mass is 35.5. The lowest BCUT2D eigenvalue weighted by atomic mass is 9.84. The second-order valence-electron chi connectivity index (χ2n) is 6.90. The van der Waals surface area contributed by atoms with Gasteiger partial charge < -0.3 is 15.1 Å². The van der Waals surface area contributed by atoms with Gasteiger partial charge in [0.15, 0.2) is 0 Å². The smallest absolute Gasteiger partial charge is 0.254 e. The summed E-state index contributed by atoms with van der Waals surface area (Å²) in [5.41, 5.74) is -0.118. The number of carbonyl (C=O) groups excluding carboxylic acids is 1. The van der Waals surface area contributed by atoms with Crippen molar-refractivity contribution in [3.05, 3.63) is 34.9 Å². The van der Waals surface area contributed by atoms with Crippen molar-refractivity contribution in [2.75, 3.05) is 19.7 Å². The number of nitrogens with zero attached hydrogens (tertiary/aromatic N) is 1. The number of carbonyl (C=O) groups is 1. The molecule has 4 nitrogen and oxygen atoms in total. The minimum absolute atomic E-state index is 0.00677. The summed E-state index contributed by atoms with van der Waals surface area (Å²) in [7, 11) is 0. The van der Waals surface area contributed by atoms with Crippen LogP contribution in [0.25, 0.3) is 0 Å². The number of hydrogen-bond acceptors (Lipinski definition) is 3. The zero-order chi connectivity index (χ0) is 16.4. The maximum Gasteiger partial charge on any atom is 0.254 e. The molecular weight excluding hydrogens is 314 g/mol. The van der Waals surface area contributed by atoms with Crippen molar-refractivity contribution in [3.63, 3.8) is 0 Å². The average molecular weight is 338 g/mol. The Bertz CT molecular complexity index is 554. The van der Waals surface area contributed by atoms with Gasteiger partial charge in [0, 0.05) is 36.6 Å². The Hall–Kier alpha value is -1.10. The molecule has 0 spiro atoms. The Morgan fingerprint density at radius 2 is 1.83 bits per heavy atom. The molecule has 2 aliphatic rings. The van der Waals surface area contributed by atoms with Crippen molar-refractivity contribution in [1.82, 2.24) is 4.90 Å². The Morgan fingerprint density at radius 3 is 2.43 bits per heavy atom. The highest BCUT2D eigenvalue weighted by Gasteiger charge is 2.44. The van der Waals surface area contributed by atoms with Gasteiger partial charge in [-0.3, -0.25) is 4.79 Å². The van der Waals surface area contributed by atoms with Crippen molar-refractivity contribution in [2.45, 2.75) is 43.6 Å². The van der Waals surface area contributed by atoms with E-state index in [-0.39, 0.29) is 24.3 Å². The first-order chi connectivity index (χ1) is 11.0. The van der Waals surface area contributed by atoms with Gasteiger partial charge in [0.05, 0.1) is 0 Å². The van der Waals surface area contributed by atoms with Crippen LogP contribution in [0.3, 0.4) is 0 Å². The molecule has 2 fully saturated rings. The first-order valence-corrected chi connectivity index (χ1v) is 8.79. The normalized spacial score (nSPS) is 27.2. The predicted molar refractivity (Wildman–Crippen MR) is 89.4 cm³/mol. The Labute approximate surface area is 142 Å². The first kappa shape index (κ1) is 16.7. The average Bonchev–Trinajstić information content (AvgIpc) is 2.99. The molecule has 5 heteroatoms. The maximum atomic E-state index is 12.8. The number of amides is 1. The van der Waals surface area contributed by atoms with Gasteiger partial charge in [-0.25, -0.2) is 0 Å². The molecule has 0 radical (unpaired) electrons. The van der Waals surface area contributed by atoms with Gasteiger partial charge in [-0.15, -0.1) is 0 Å². The molecule has 1 saturated heterocycles. The third-order valence-electron chi connectivity index (χ3n) is 5.34. The summed E-state index contributed by atoms with van der Waals surface area (Å²) < 4.78 is 0. The Balaban J connectivity index is 1.75. The summed E-state index contributed by atoms with van der Waals surface area (Å²) in [5, 5.41) is 21.1. The molecular formula is C18H24ClNO3. The van der Waals surface area contributed by atoms with E-state index >= 15 is 0 Å². The second-order valence-corrected chi connectivity index (χ2v) is 7.34. The highest BCUT2D eigenvalue weighted by Crippen LogP contribution is 2.36. The van der Waals surface area contributed by atoms with E-state index in [1.54, 1.807) is 4.90 Å². The van der Waals surface area contributed by atoms with E-state index in [1.807, 2.05) is 24.3 Å². The van der Waals surface area contributed by atoms with Gasteiger partial charge in [-0.05, 0) is 30.5 Å². The quantitative estimate of drug-likeness (QED) is 0.891. The summed E-state index contributed by atoms with van der Waals surface area (Å²) >= 11 is 5.94. The van der Waals surface area contributed by atoms with Crippen LogP contribution in [0.5, 0.6) is 0 Å². The Kier molecular flexibility index (Phi) is 4.95. The summed E-state index contributed by atoms with van der Waals surface area (Å²) in [4.78, 5) is 14.5. The van der Waals surface area contributed by atoms with Crippen LogP contribution in [0.4, 0.5) is 0 Å². The van der Waals surface area contributed by atoms with Crippen LogP contribution in [0.15, 0.2) is 24.3 Å². The molecule has 1 saturated carbocycles. The zero-order valence-corrected chi connectivity index (χ0v) is 14.0. The minimum Gasteiger partial charge on any atom is -0.396 e. The van der Waals surface area contributed by atoms with E-state index < -0.39 is 5.60 Å². The van der Waals surface area contributed by atoms with E-state index in [0.717, 1.165) is 24.8 Å². The fraction of sp³-hybridized carbons (Fsp3) is 0.611. The fourth-order valence-corrected chi connectivity index (χ4v) is 4.08. The Morgan fingerprint density at radius 1 is 1.17 bits per heavy atom. The molecule has 23 heavy (non-hydrogen) atoms. The van der Waals surface area contributed by atoms with Gasteiger partial charge >= 0.3 is 0 Å². The largest absolute Gasteiger partial charge is 0.396 e. The molecule has 1 aromatic rings. The molecule has 1 amide bonds. The minimum atomic E-state index is -1.20. The molecule has 0 bridgehead atoms. The number of benzene rings is 1. The SMILES string of the molecule is O=C(N1C[C@@H](CO)[C@H](c2ccc(Cl)cc2)C1)C1(O)CCCCC1. The van der Waals surface area contributed by atoms with Gasteiger partial charge in [-0.2, -0.15) is 0 Å². The molecule has 1 aromatic carbocycles. The van der Waals surface area contributed by atoms with Crippen molar-refractivity contribution in [1.29, 1.82) is 0 Å². The number of hydrogen-bond donors (Lipinski definition) is 2. The van der Waals surface area contributed by atoms with Crippen LogP contribution < -0.4 is 0 Å². The van der Waals surface area contributed by atoms with E-state index in [4.69, 9.17) is 11.6 Å². The standard InChI is InChI=1S/C18H24ClNO3/c19-15-6-4-13(5-7-15)16-11-20(10-14(16)12-21)17(22)18(23)8-2-1-3-9-18/h4-7,14,16,21,23H,1-3,8-12H2/t14-,16-/m0/s1. The lowest BCUT2D eigenvalue weighted by Gasteiger charge is -2.34. The number of halogens is 1. The summed E-state index contributed by atoms with van der Waals surface area (Å²) in [6, 6.07) is 7.59. The highest BCUT2D eigenvalue weighted by molar-refractivity contribution is 6.30. The molecule has 2 atom stereocenters. The van der Waals surface area contributed by atoms with Crippen molar-refractivity contribution < 1.29 is 15.0 Å². The third kappa shape index (κ3) is 3.39. The molecule has 0 aromatic heterocycles. The molecule has 126 valence electrons. The van der Waals surface area contributed by atoms with Crippen LogP contribution in [0.1, 0.15) is 43.6 Å². The van der Waals surface area contributed by atoms with Gasteiger partial charge in [0.1, 0.15) is 5.60 Å². The lowest BCUT2D eigenvalue weighted by molar-refractivity contribution is -0.153. The molecule has 0 unspecified atom stereocenters. The number of aliphatic hydroxyl groups excluding tert-OH is 1. The topological polar surface area (TPSA) is 60.8 Å². The van der Waals surface area contributed by atoms with E-state index in [1.165, 1.54) is 0 Å². The summed E-state index contributed by atoms with van der Waals surface area (Å²) in [6.07, 6.45) is 4.00. The number of likely N-dealkylation sites (tertiary alicyclic amines) is 1. The van der Waals surface area contributed by atoms with Gasteiger partial charge in [-0.1, -0.05) is 43.0 Å². The number of rotatable bonds is 3. The van der Waals surface area contributed by atoms with Gasteiger partial charge in [0.25, 0.3) is 5.91 Å². The molecule has 3 rings (SSSR count). The van der Waals surface area contributed by atoms with Crippen LogP contribution in [0, 0.1) is 5.92 Å². The molecule has 1 heterocycles. The number of aliphatic hydroxyl groups is 2.